The molecule has 2 heterocycles. The molecule has 21 N–H and O–H groups in total. The van der Waals surface area contributed by atoms with Crippen molar-refractivity contribution in [1.82, 2.24) is 92.8 Å². The number of primary amides is 5. The summed E-state index contributed by atoms with van der Waals surface area (Å²) in [4.78, 5) is 348. The van der Waals surface area contributed by atoms with Crippen molar-refractivity contribution < 1.29 is 125 Å². The van der Waals surface area contributed by atoms with Crippen LogP contribution in [-0.4, -0.2) is 349 Å². The summed E-state index contributed by atoms with van der Waals surface area (Å²) in [6, 6.07) is -18.5. The largest absolute Gasteiger partial charge is 0.458 e. The Hall–Kier alpha value is -13.8. The molecule has 0 unspecified atom stereocenters. The molecule has 141 heavy (non-hydrogen) atoms. The van der Waals surface area contributed by atoms with E-state index < -0.39 is 332 Å². The Morgan fingerprint density at radius 1 is 0.504 bits per heavy atom. The number of rotatable bonds is 39. The molecule has 1 saturated heterocycles. The predicted molar refractivity (Wildman–Crippen MR) is 507 cm³/mol. The summed E-state index contributed by atoms with van der Waals surface area (Å²) in [6.07, 6.45) is -7.20. The van der Waals surface area contributed by atoms with Crippen molar-refractivity contribution in [2.75, 3.05) is 69.6 Å². The Kier molecular flexibility index (Phi) is 48.1. The van der Waals surface area contributed by atoms with Crippen LogP contribution < -0.4 is 87.2 Å². The molecule has 1 fully saturated rings. The summed E-state index contributed by atoms with van der Waals surface area (Å²) < 4.78 is 11.0. The highest BCUT2D eigenvalue weighted by molar-refractivity contribution is 6.05. The lowest BCUT2D eigenvalue weighted by molar-refractivity contribution is -0.163. The second-order valence-corrected chi connectivity index (χ2v) is 37.3. The van der Waals surface area contributed by atoms with E-state index in [2.05, 4.69) is 58.5 Å². The maximum absolute atomic E-state index is 15.5. The minimum absolute atomic E-state index is 0.00880. The van der Waals surface area contributed by atoms with Gasteiger partial charge in [-0.05, 0) is 75.2 Å². The monoisotopic (exact) mass is 1990 g/mol. The van der Waals surface area contributed by atoms with E-state index in [0.717, 1.165) is 64.3 Å². The summed E-state index contributed by atoms with van der Waals surface area (Å²) in [7, 11) is 9.63. The first-order valence-electron chi connectivity index (χ1n) is 46.6. The number of cyclic esters (lactones) is 1. The fourth-order valence-electron chi connectivity index (χ4n) is 16.3. The third kappa shape index (κ3) is 35.2. The maximum atomic E-state index is 15.5. The van der Waals surface area contributed by atoms with E-state index in [-0.39, 0.29) is 43.4 Å². The van der Waals surface area contributed by atoms with Crippen LogP contribution in [0, 0.1) is 35.5 Å². The van der Waals surface area contributed by atoms with E-state index in [4.69, 9.17) is 38.1 Å². The lowest BCUT2D eigenvalue weighted by Gasteiger charge is -2.42. The van der Waals surface area contributed by atoms with Gasteiger partial charge in [0.25, 0.3) is 0 Å². The van der Waals surface area contributed by atoms with Gasteiger partial charge in [0, 0.05) is 74.1 Å². The highest BCUT2D eigenvalue weighted by atomic mass is 16.5. The molecule has 786 valence electrons. The Bertz CT molecular complexity index is 4780. The number of carbonyl (C=O) groups excluding carboxylic acids is 24. The van der Waals surface area contributed by atoms with Gasteiger partial charge < -0.3 is 131 Å². The molecule has 0 bridgehead atoms. The molecule has 20 atom stereocenters. The summed E-state index contributed by atoms with van der Waals surface area (Å²) >= 11 is 0. The van der Waals surface area contributed by atoms with Gasteiger partial charge in [-0.15, -0.1) is 0 Å². The lowest BCUT2D eigenvalue weighted by Crippen LogP contribution is -2.63. The van der Waals surface area contributed by atoms with E-state index in [9.17, 15) is 76.7 Å². The molecule has 3 rings (SSSR count). The molecule has 1 aromatic carbocycles. The molecular formula is C92H147N23O26. The van der Waals surface area contributed by atoms with Crippen LogP contribution in [0.2, 0.25) is 0 Å². The fourth-order valence-corrected chi connectivity index (χ4v) is 16.3. The number of nitrogens with two attached hydrogens (primary N) is 5. The summed E-state index contributed by atoms with van der Waals surface area (Å²) in [5.41, 5.74) is 28.5. The van der Waals surface area contributed by atoms with Gasteiger partial charge >= 0.3 is 5.97 Å². The number of nitrogens with zero attached hydrogens (tertiary/aromatic N) is 7. The molecular weight excluding hydrogens is 1840 g/mol. The third-order valence-electron chi connectivity index (χ3n) is 24.8. The molecule has 0 aromatic heterocycles. The van der Waals surface area contributed by atoms with Gasteiger partial charge in [0.05, 0.1) is 51.1 Å². The Balaban J connectivity index is 2.30. The molecule has 2 aliphatic rings. The molecule has 1 aromatic rings. The van der Waals surface area contributed by atoms with Crippen molar-refractivity contribution in [3.05, 3.63) is 47.2 Å². The standard InChI is InChI=1S/C92H147N23O26/c1-25-46(10)70-83(130)102-54-39-67(121)106-71(54)49(13)77(124)103-56(36-63(94)117)80(127)99-51(15)85(132)115(23)76(48(12)27-3)92(139)141-52(16)72(84(131)105-59(38-65(96)119)86(133)109(17)41-68(122)100-55(35-62(93)116)79(126)98-50(14)78(125)107-70)108-81(128)57(37-64(95)118)104-82(129)60(33-43(4)5)110(18)89(136)74(45(8)9)113(21)91(138)75(47(11)26-2)114(22)88(135)61(40-66(97)120)111(19)90(137)73(44(6)7)112(20)87(134)58(101-69(123)42-140-24)34-53-31-29-28-30-32-53/h28-32,43-48,50-52,54-61,70,72-76H,25-27,33-42H2,1-24H3,(H2,93,116)(H2,94,117)(H2,95,118)(H2,96,119)(H2,97,120)(H,98,126)(H,99,127)(H,100,122)(H,101,123)(H,102,130)(H,103,124)(H,104,129)(H,105,131)(H,106,121)(H,107,125)(H,108,128)/t46-,47-,48+,50+,51-,52-,54+,55+,56+,57+,58-,59+,60+,61+,70-,72+,73+,74+,75+,76-/m1/s1. The number of ether oxygens (including phenoxy) is 2. The number of nitrogens with one attached hydrogen (secondary N) is 11. The van der Waals surface area contributed by atoms with Gasteiger partial charge in [-0.25, -0.2) is 4.79 Å². The predicted octanol–water partition coefficient (Wildman–Crippen LogP) is -6.20. The van der Waals surface area contributed by atoms with Gasteiger partial charge in [-0.1, -0.05) is 133 Å². The molecule has 23 amide bonds. The third-order valence-corrected chi connectivity index (χ3v) is 24.8. The van der Waals surface area contributed by atoms with Gasteiger partial charge in [0.1, 0.15) is 103 Å². The van der Waals surface area contributed by atoms with E-state index in [1.165, 1.54) is 56.2 Å². The minimum atomic E-state index is -2.38. The van der Waals surface area contributed by atoms with Crippen molar-refractivity contribution in [3.8, 4) is 0 Å². The number of fused-ring (bicyclic) bond motifs is 1. The Morgan fingerprint density at radius 3 is 1.50 bits per heavy atom. The lowest BCUT2D eigenvalue weighted by atomic mass is 9.92. The van der Waals surface area contributed by atoms with E-state index in [0.29, 0.717) is 10.5 Å². The van der Waals surface area contributed by atoms with Crippen molar-refractivity contribution in [1.29, 1.82) is 0 Å². The topological polar surface area (TPSA) is 713 Å². The van der Waals surface area contributed by atoms with Crippen molar-refractivity contribution in [2.45, 2.75) is 284 Å². The summed E-state index contributed by atoms with van der Waals surface area (Å²) in [6.45, 7) is 22.4. The SMILES string of the molecule is CC[C@@H](C)[C@@H](C(=O)N(C)[C@H](C(=O)N(C)[C@@H](CC(C)C)C(=O)N[C@@H](CC(N)=O)C(=O)N[C@@H]1C(=O)N[C@@H](CC(N)=O)C(=O)N(C)CC(=O)N[C@@H](CC(N)=O)C(=O)N[C@@H](C)C(=O)N[C@H]([C@H](C)CC)C(=O)N[C@H]2CC(=O)NC2=C(C)C(=O)N[C@@H](CC(N)=O)C(=O)N[C@H](C)C(=O)N(C)[C@H]([C@@H](C)CC)C(=O)O[C@@H]1C)C(C)C)N(C)C(=O)[C@H](CC(N)=O)N(C)C(=O)[C@H](C(C)C)N(C)C(=O)[C@@H](Cc1ccccc1)NC(=O)COC. The van der Waals surface area contributed by atoms with Crippen molar-refractivity contribution in [2.24, 2.45) is 64.2 Å². The quantitative estimate of drug-likeness (QED) is 0.0273. The number of likely N-dealkylation sites (N-methyl/N-ethyl adjacent to an activating group) is 7. The van der Waals surface area contributed by atoms with E-state index >= 15 is 38.4 Å². The number of carbonyl (C=O) groups is 24. The smallest absolute Gasteiger partial charge is 0.329 e. The number of methoxy groups -OCH3 is 1. The zero-order chi connectivity index (χ0) is 108. The first-order valence-corrected chi connectivity index (χ1v) is 46.6. The van der Waals surface area contributed by atoms with E-state index in [1.807, 2.05) is 0 Å². The molecule has 0 aliphatic carbocycles. The highest BCUT2D eigenvalue weighted by Crippen LogP contribution is 2.28. The average Bonchev–Trinajstić information content (AvgIpc) is 1.44. The number of esters is 1. The van der Waals surface area contributed by atoms with E-state index in [1.54, 1.807) is 106 Å². The highest BCUT2D eigenvalue weighted by Gasteiger charge is 2.49. The van der Waals surface area contributed by atoms with Crippen LogP contribution in [0.4, 0.5) is 0 Å². The van der Waals surface area contributed by atoms with Gasteiger partial charge in [0.15, 0.2) is 0 Å². The van der Waals surface area contributed by atoms with Gasteiger partial charge in [0.2, 0.25) is 136 Å². The number of amides is 23. The maximum Gasteiger partial charge on any atom is 0.329 e. The molecule has 0 saturated carbocycles. The number of hydrogen-bond donors (Lipinski definition) is 16. The van der Waals surface area contributed by atoms with Crippen LogP contribution in [0.5, 0.6) is 0 Å². The Labute approximate surface area is 820 Å². The second kappa shape index (κ2) is 55.9. The molecule has 49 heteroatoms. The van der Waals surface area contributed by atoms with Gasteiger partial charge in [-0.2, -0.15) is 0 Å². The zero-order valence-corrected chi connectivity index (χ0v) is 85.0. The van der Waals surface area contributed by atoms with Crippen LogP contribution in [-0.2, 0) is 131 Å². The van der Waals surface area contributed by atoms with Crippen LogP contribution >= 0.6 is 0 Å². The molecule has 0 spiro atoms. The Morgan fingerprint density at radius 2 is 1.00 bits per heavy atom. The van der Waals surface area contributed by atoms with Crippen LogP contribution in [0.25, 0.3) is 0 Å². The second-order valence-electron chi connectivity index (χ2n) is 37.3. The summed E-state index contributed by atoms with van der Waals surface area (Å²) in [5.74, 6) is -30.7. The van der Waals surface area contributed by atoms with Crippen molar-refractivity contribution >= 4 is 142 Å². The average molecular weight is 1990 g/mol. The first kappa shape index (κ1) is 121. The minimum Gasteiger partial charge on any atom is -0.458 e. The van der Waals surface area contributed by atoms with Crippen LogP contribution in [0.3, 0.4) is 0 Å². The number of benzene rings is 1. The molecule has 2 aliphatic heterocycles. The number of hydrogen-bond acceptors (Lipinski definition) is 26. The molecule has 0 radical (unpaired) electrons. The molecule has 49 nitrogen and oxygen atoms in total. The normalized spacial score (nSPS) is 22.1. The fraction of sp³-hybridized carbons (Fsp3) is 0.652. The van der Waals surface area contributed by atoms with Gasteiger partial charge in [-0.3, -0.25) is 110 Å². The summed E-state index contributed by atoms with van der Waals surface area (Å²) in [5, 5.41) is 26.6. The first-order chi connectivity index (χ1) is 65.5. The van der Waals surface area contributed by atoms with Crippen LogP contribution in [0.1, 0.15) is 181 Å². The van der Waals surface area contributed by atoms with Crippen LogP contribution in [0.15, 0.2) is 41.6 Å². The zero-order valence-electron chi connectivity index (χ0n) is 85.0. The van der Waals surface area contributed by atoms with Crippen molar-refractivity contribution in [3.63, 3.8) is 0 Å².